The quantitative estimate of drug-likeness (QED) is 0.778. The molecule has 1 rings (SSSR count). The number of aromatic nitrogens is 1. The topological polar surface area (TPSA) is 50.9 Å². The lowest BCUT2D eigenvalue weighted by Gasteiger charge is -2.19. The van der Waals surface area contributed by atoms with Crippen LogP contribution in [-0.2, 0) is 0 Å². The van der Waals surface area contributed by atoms with Crippen molar-refractivity contribution in [3.63, 3.8) is 0 Å². The molecule has 0 saturated heterocycles. The molecule has 1 heterocycles. The molecule has 15 heavy (non-hydrogen) atoms. The van der Waals surface area contributed by atoms with Gasteiger partial charge in [0.05, 0.1) is 0 Å². The molecule has 1 aromatic rings. The normalized spacial score (nSPS) is 12.9. The number of nitrogens with one attached hydrogen (secondary N) is 1. The van der Waals surface area contributed by atoms with Gasteiger partial charge in [0.1, 0.15) is 5.82 Å². The van der Waals surface area contributed by atoms with Crippen LogP contribution in [0.2, 0.25) is 0 Å². The van der Waals surface area contributed by atoms with Crippen molar-refractivity contribution in [2.24, 2.45) is 11.7 Å². The summed E-state index contributed by atoms with van der Waals surface area (Å²) in [5.41, 5.74) is 6.93. The molecule has 1 unspecified atom stereocenters. The molecule has 3 nitrogen and oxygen atoms in total. The van der Waals surface area contributed by atoms with Crippen LogP contribution in [-0.4, -0.2) is 17.6 Å². The second kappa shape index (κ2) is 5.71. The van der Waals surface area contributed by atoms with Crippen LogP contribution < -0.4 is 11.1 Å². The van der Waals surface area contributed by atoms with Crippen molar-refractivity contribution < 1.29 is 0 Å². The number of rotatable bonds is 5. The zero-order valence-electron chi connectivity index (χ0n) is 9.83. The predicted octanol–water partition coefficient (Wildman–Crippen LogP) is 2.18. The van der Waals surface area contributed by atoms with Crippen LogP contribution in [0.15, 0.2) is 18.3 Å². The van der Waals surface area contributed by atoms with E-state index < -0.39 is 0 Å². The van der Waals surface area contributed by atoms with Crippen LogP contribution in [0.3, 0.4) is 0 Å². The van der Waals surface area contributed by atoms with Crippen LogP contribution >= 0.6 is 0 Å². The zero-order chi connectivity index (χ0) is 11.3. The third kappa shape index (κ3) is 4.30. The highest BCUT2D eigenvalue weighted by Gasteiger charge is 2.09. The number of hydrogen-bond acceptors (Lipinski definition) is 3. The van der Waals surface area contributed by atoms with Gasteiger partial charge in [-0.1, -0.05) is 13.8 Å². The molecule has 0 spiro atoms. The number of pyridine rings is 1. The van der Waals surface area contributed by atoms with Gasteiger partial charge in [-0.15, -0.1) is 0 Å². The second-order valence-corrected chi connectivity index (χ2v) is 4.42. The van der Waals surface area contributed by atoms with E-state index in [1.165, 1.54) is 5.56 Å². The number of aryl methyl sites for hydroxylation is 1. The predicted molar refractivity (Wildman–Crippen MR) is 64.9 cm³/mol. The molecule has 0 radical (unpaired) electrons. The van der Waals surface area contributed by atoms with E-state index in [0.717, 1.165) is 12.2 Å². The molecule has 0 aliphatic rings. The average molecular weight is 207 g/mol. The van der Waals surface area contributed by atoms with Crippen molar-refractivity contribution in [2.75, 3.05) is 11.9 Å². The summed E-state index contributed by atoms with van der Waals surface area (Å²) in [7, 11) is 0. The third-order valence-corrected chi connectivity index (χ3v) is 2.31. The number of hydrogen-bond donors (Lipinski definition) is 2. The molecule has 0 aromatic carbocycles. The molecular weight excluding hydrogens is 186 g/mol. The summed E-state index contributed by atoms with van der Waals surface area (Å²) >= 11 is 0. The minimum Gasteiger partial charge on any atom is -0.366 e. The van der Waals surface area contributed by atoms with Gasteiger partial charge in [0.25, 0.3) is 0 Å². The van der Waals surface area contributed by atoms with Crippen molar-refractivity contribution in [3.8, 4) is 0 Å². The molecule has 84 valence electrons. The third-order valence-electron chi connectivity index (χ3n) is 2.31. The van der Waals surface area contributed by atoms with E-state index in [1.54, 1.807) is 0 Å². The lowest BCUT2D eigenvalue weighted by molar-refractivity contribution is 0.521. The van der Waals surface area contributed by atoms with Gasteiger partial charge in [0, 0.05) is 18.8 Å². The molecule has 0 fully saturated rings. The van der Waals surface area contributed by atoms with Crippen LogP contribution in [0.5, 0.6) is 0 Å². The van der Waals surface area contributed by atoms with E-state index in [0.29, 0.717) is 18.5 Å². The second-order valence-electron chi connectivity index (χ2n) is 4.42. The molecule has 1 aromatic heterocycles. The lowest BCUT2D eigenvalue weighted by atomic mass is 10.0. The molecule has 3 heteroatoms. The summed E-state index contributed by atoms with van der Waals surface area (Å²) in [6, 6.07) is 4.35. The smallest absolute Gasteiger partial charge is 0.126 e. The molecular formula is C12H21N3. The van der Waals surface area contributed by atoms with Gasteiger partial charge < -0.3 is 11.1 Å². The maximum atomic E-state index is 5.72. The maximum Gasteiger partial charge on any atom is 0.126 e. The highest BCUT2D eigenvalue weighted by Crippen LogP contribution is 2.11. The Balaban J connectivity index is 2.58. The minimum absolute atomic E-state index is 0.319. The summed E-state index contributed by atoms with van der Waals surface area (Å²) in [5, 5.41) is 3.36. The fraction of sp³-hybridized carbons (Fsp3) is 0.583. The first-order valence-corrected chi connectivity index (χ1v) is 5.51. The number of anilines is 1. The summed E-state index contributed by atoms with van der Waals surface area (Å²) in [6.45, 7) is 7.11. The average Bonchev–Trinajstić information content (AvgIpc) is 2.16. The Kier molecular flexibility index (Phi) is 4.56. The Bertz CT molecular complexity index is 297. The first-order valence-electron chi connectivity index (χ1n) is 5.51. The van der Waals surface area contributed by atoms with E-state index in [2.05, 4.69) is 31.1 Å². The zero-order valence-corrected chi connectivity index (χ0v) is 9.83. The first-order chi connectivity index (χ1) is 7.11. The Morgan fingerprint density at radius 2 is 2.20 bits per heavy atom. The summed E-state index contributed by atoms with van der Waals surface area (Å²) in [4.78, 5) is 4.27. The van der Waals surface area contributed by atoms with Crippen LogP contribution in [0.25, 0.3) is 0 Å². The van der Waals surface area contributed by atoms with Gasteiger partial charge in [-0.3, -0.25) is 0 Å². The van der Waals surface area contributed by atoms with E-state index in [-0.39, 0.29) is 0 Å². The molecule has 0 amide bonds. The van der Waals surface area contributed by atoms with Crippen molar-refractivity contribution in [1.29, 1.82) is 0 Å². The molecule has 0 saturated carbocycles. The standard InChI is InChI=1S/C12H21N3/c1-9(2)6-11(8-13)15-12-7-10(3)4-5-14-12/h4-5,7,9,11H,6,8,13H2,1-3H3,(H,14,15). The Morgan fingerprint density at radius 1 is 1.47 bits per heavy atom. The molecule has 0 aliphatic carbocycles. The van der Waals surface area contributed by atoms with Gasteiger partial charge in [0.2, 0.25) is 0 Å². The SMILES string of the molecule is Cc1ccnc(NC(CN)CC(C)C)c1. The van der Waals surface area contributed by atoms with Gasteiger partial charge >= 0.3 is 0 Å². The largest absolute Gasteiger partial charge is 0.366 e. The molecule has 1 atom stereocenters. The minimum atomic E-state index is 0.319. The van der Waals surface area contributed by atoms with Crippen molar-refractivity contribution in [1.82, 2.24) is 4.98 Å². The molecule has 3 N–H and O–H groups in total. The number of nitrogens with zero attached hydrogens (tertiary/aromatic N) is 1. The fourth-order valence-corrected chi connectivity index (χ4v) is 1.61. The van der Waals surface area contributed by atoms with Crippen molar-refractivity contribution in [2.45, 2.75) is 33.2 Å². The van der Waals surface area contributed by atoms with Crippen LogP contribution in [0.1, 0.15) is 25.8 Å². The van der Waals surface area contributed by atoms with Gasteiger partial charge in [-0.25, -0.2) is 4.98 Å². The van der Waals surface area contributed by atoms with Crippen LogP contribution in [0, 0.1) is 12.8 Å². The Morgan fingerprint density at radius 3 is 2.73 bits per heavy atom. The van der Waals surface area contributed by atoms with E-state index >= 15 is 0 Å². The summed E-state index contributed by atoms with van der Waals surface area (Å²) in [6.07, 6.45) is 2.90. The number of nitrogens with two attached hydrogens (primary N) is 1. The maximum absolute atomic E-state index is 5.72. The highest BCUT2D eigenvalue weighted by molar-refractivity contribution is 5.38. The van der Waals surface area contributed by atoms with E-state index in [4.69, 9.17) is 5.73 Å². The monoisotopic (exact) mass is 207 g/mol. The first kappa shape index (κ1) is 12.0. The van der Waals surface area contributed by atoms with Gasteiger partial charge in [-0.05, 0) is 37.0 Å². The van der Waals surface area contributed by atoms with Gasteiger partial charge in [0.15, 0.2) is 0 Å². The summed E-state index contributed by atoms with van der Waals surface area (Å²) in [5.74, 6) is 1.57. The molecule has 0 bridgehead atoms. The Hall–Kier alpha value is -1.09. The van der Waals surface area contributed by atoms with Crippen LogP contribution in [0.4, 0.5) is 5.82 Å². The van der Waals surface area contributed by atoms with Crippen molar-refractivity contribution >= 4 is 5.82 Å². The van der Waals surface area contributed by atoms with E-state index in [9.17, 15) is 0 Å². The van der Waals surface area contributed by atoms with E-state index in [1.807, 2.05) is 18.3 Å². The molecule has 0 aliphatic heterocycles. The highest BCUT2D eigenvalue weighted by atomic mass is 15.0. The summed E-state index contributed by atoms with van der Waals surface area (Å²) < 4.78 is 0. The lowest BCUT2D eigenvalue weighted by Crippen LogP contribution is -2.30. The van der Waals surface area contributed by atoms with Crippen molar-refractivity contribution in [3.05, 3.63) is 23.9 Å². The Labute approximate surface area is 92.1 Å². The van der Waals surface area contributed by atoms with Gasteiger partial charge in [-0.2, -0.15) is 0 Å². The fourth-order valence-electron chi connectivity index (χ4n) is 1.61.